The zero-order chi connectivity index (χ0) is 20.1. The molecule has 2 aromatic heterocycles. The summed E-state index contributed by atoms with van der Waals surface area (Å²) in [6.45, 7) is 3.70. The molecular weight excluding hydrogens is 368 g/mol. The second-order valence-electron chi connectivity index (χ2n) is 8.21. The van der Waals surface area contributed by atoms with Crippen molar-refractivity contribution >= 4 is 11.8 Å². The van der Waals surface area contributed by atoms with E-state index in [-0.39, 0.29) is 17.2 Å². The van der Waals surface area contributed by atoms with Gasteiger partial charge in [-0.25, -0.2) is 4.98 Å². The molecule has 0 radical (unpaired) electrons. The predicted molar refractivity (Wildman–Crippen MR) is 107 cm³/mol. The van der Waals surface area contributed by atoms with E-state index in [0.29, 0.717) is 19.4 Å². The lowest BCUT2D eigenvalue weighted by molar-refractivity contribution is -0.142. The van der Waals surface area contributed by atoms with Crippen LogP contribution in [0.1, 0.15) is 37.7 Å². The van der Waals surface area contributed by atoms with Crippen molar-refractivity contribution in [3.8, 4) is 0 Å². The van der Waals surface area contributed by atoms with Crippen molar-refractivity contribution in [1.82, 2.24) is 29.5 Å². The van der Waals surface area contributed by atoms with Crippen LogP contribution in [0.5, 0.6) is 0 Å². The SMILES string of the molecule is O=C(CCn1cncn1)N1CCC2(CCC(=O)N(CCc3ccncc3)C2)CC1. The number of carbonyl (C=O) groups excluding carboxylic acids is 2. The van der Waals surface area contributed by atoms with Crippen LogP contribution in [0, 0.1) is 5.41 Å². The molecule has 154 valence electrons. The van der Waals surface area contributed by atoms with Crippen molar-refractivity contribution in [2.75, 3.05) is 26.2 Å². The average molecular weight is 396 g/mol. The maximum atomic E-state index is 12.5. The van der Waals surface area contributed by atoms with Crippen molar-refractivity contribution in [3.05, 3.63) is 42.7 Å². The third kappa shape index (κ3) is 4.81. The molecule has 2 aliphatic heterocycles. The van der Waals surface area contributed by atoms with Gasteiger partial charge in [0, 0.05) is 51.4 Å². The van der Waals surface area contributed by atoms with Crippen molar-refractivity contribution in [2.24, 2.45) is 5.41 Å². The first-order chi connectivity index (χ1) is 14.1. The Morgan fingerprint density at radius 3 is 2.59 bits per heavy atom. The highest BCUT2D eigenvalue weighted by Gasteiger charge is 2.41. The molecule has 8 heteroatoms. The first kappa shape index (κ1) is 19.5. The molecule has 2 fully saturated rings. The molecule has 2 saturated heterocycles. The maximum Gasteiger partial charge on any atom is 0.224 e. The van der Waals surface area contributed by atoms with Crippen LogP contribution in [0.15, 0.2) is 37.2 Å². The van der Waals surface area contributed by atoms with Crippen LogP contribution in [-0.4, -0.2) is 67.5 Å². The van der Waals surface area contributed by atoms with Crippen LogP contribution in [0.25, 0.3) is 0 Å². The predicted octanol–water partition coefficient (Wildman–Crippen LogP) is 1.54. The molecular formula is C21H28N6O2. The number of hydrogen-bond acceptors (Lipinski definition) is 5. The maximum absolute atomic E-state index is 12.5. The number of pyridine rings is 1. The van der Waals surface area contributed by atoms with E-state index in [2.05, 4.69) is 15.1 Å². The monoisotopic (exact) mass is 396 g/mol. The lowest BCUT2D eigenvalue weighted by Gasteiger charge is -2.47. The number of amides is 2. The lowest BCUT2D eigenvalue weighted by Crippen LogP contribution is -2.52. The van der Waals surface area contributed by atoms with Gasteiger partial charge in [0.1, 0.15) is 12.7 Å². The Morgan fingerprint density at radius 2 is 1.86 bits per heavy atom. The highest BCUT2D eigenvalue weighted by molar-refractivity contribution is 5.77. The van der Waals surface area contributed by atoms with Gasteiger partial charge in [-0.1, -0.05) is 0 Å². The quantitative estimate of drug-likeness (QED) is 0.739. The van der Waals surface area contributed by atoms with Gasteiger partial charge in [-0.2, -0.15) is 5.10 Å². The molecule has 29 heavy (non-hydrogen) atoms. The molecule has 0 aliphatic carbocycles. The van der Waals surface area contributed by atoms with E-state index in [1.54, 1.807) is 23.4 Å². The topological polar surface area (TPSA) is 84.2 Å². The first-order valence-electron chi connectivity index (χ1n) is 10.4. The Morgan fingerprint density at radius 1 is 1.07 bits per heavy atom. The molecule has 0 aromatic carbocycles. The summed E-state index contributed by atoms with van der Waals surface area (Å²) in [5.74, 6) is 0.438. The Hall–Kier alpha value is -2.77. The molecule has 0 unspecified atom stereocenters. The van der Waals surface area contributed by atoms with Gasteiger partial charge in [0.05, 0.1) is 6.54 Å². The van der Waals surface area contributed by atoms with Crippen LogP contribution < -0.4 is 0 Å². The van der Waals surface area contributed by atoms with E-state index in [1.165, 1.54) is 11.9 Å². The van der Waals surface area contributed by atoms with Gasteiger partial charge >= 0.3 is 0 Å². The van der Waals surface area contributed by atoms with Gasteiger partial charge in [-0.05, 0) is 48.8 Å². The van der Waals surface area contributed by atoms with E-state index >= 15 is 0 Å². The van der Waals surface area contributed by atoms with Crippen LogP contribution in [0.2, 0.25) is 0 Å². The van der Waals surface area contributed by atoms with Crippen LogP contribution in [0.3, 0.4) is 0 Å². The standard InChI is InChI=1S/C21H28N6O2/c28-19-1-6-21(15-26(19)11-4-18-2-9-22-10-3-18)7-13-25(14-8-21)20(29)5-12-27-17-23-16-24-27/h2-3,9-10,16-17H,1,4-8,11-15H2. The normalized spacial score (nSPS) is 19.0. The third-order valence-electron chi connectivity index (χ3n) is 6.37. The minimum Gasteiger partial charge on any atom is -0.343 e. The summed E-state index contributed by atoms with van der Waals surface area (Å²) in [4.78, 5) is 36.9. The number of nitrogens with zero attached hydrogens (tertiary/aromatic N) is 6. The molecule has 2 aromatic rings. The van der Waals surface area contributed by atoms with Gasteiger partial charge in [0.15, 0.2) is 0 Å². The number of piperidine rings is 2. The van der Waals surface area contributed by atoms with Crippen molar-refractivity contribution < 1.29 is 9.59 Å². The smallest absolute Gasteiger partial charge is 0.224 e. The second-order valence-corrected chi connectivity index (χ2v) is 8.21. The highest BCUT2D eigenvalue weighted by Crippen LogP contribution is 2.40. The van der Waals surface area contributed by atoms with E-state index in [1.807, 2.05) is 21.9 Å². The molecule has 0 bridgehead atoms. The molecule has 1 spiro atoms. The third-order valence-corrected chi connectivity index (χ3v) is 6.37. The second kappa shape index (κ2) is 8.71. The summed E-state index contributed by atoms with van der Waals surface area (Å²) in [5, 5.41) is 4.05. The number of hydrogen-bond donors (Lipinski definition) is 0. The zero-order valence-electron chi connectivity index (χ0n) is 16.7. The van der Waals surface area contributed by atoms with E-state index < -0.39 is 0 Å². The largest absolute Gasteiger partial charge is 0.343 e. The molecule has 0 N–H and O–H groups in total. The van der Waals surface area contributed by atoms with E-state index in [0.717, 1.165) is 51.9 Å². The van der Waals surface area contributed by atoms with Crippen molar-refractivity contribution in [3.63, 3.8) is 0 Å². The van der Waals surface area contributed by atoms with Gasteiger partial charge in [-0.3, -0.25) is 19.3 Å². The molecule has 2 amide bonds. The van der Waals surface area contributed by atoms with Gasteiger partial charge in [-0.15, -0.1) is 0 Å². The summed E-state index contributed by atoms with van der Waals surface area (Å²) in [6.07, 6.45) is 11.5. The van der Waals surface area contributed by atoms with E-state index in [4.69, 9.17) is 0 Å². The summed E-state index contributed by atoms with van der Waals surface area (Å²) < 4.78 is 1.69. The first-order valence-corrected chi connectivity index (χ1v) is 10.4. The summed E-state index contributed by atoms with van der Waals surface area (Å²) in [7, 11) is 0. The fourth-order valence-electron chi connectivity index (χ4n) is 4.47. The molecule has 2 aliphatic rings. The van der Waals surface area contributed by atoms with Crippen LogP contribution in [0.4, 0.5) is 0 Å². The highest BCUT2D eigenvalue weighted by atomic mass is 16.2. The number of carbonyl (C=O) groups is 2. The molecule has 4 heterocycles. The Labute approximate surface area is 170 Å². The zero-order valence-corrected chi connectivity index (χ0v) is 16.7. The van der Waals surface area contributed by atoms with E-state index in [9.17, 15) is 9.59 Å². The van der Waals surface area contributed by atoms with Crippen LogP contribution in [-0.2, 0) is 22.6 Å². The minimum atomic E-state index is 0.162. The average Bonchev–Trinajstić information content (AvgIpc) is 3.28. The summed E-state index contributed by atoms with van der Waals surface area (Å²) >= 11 is 0. The Balaban J connectivity index is 1.27. The summed E-state index contributed by atoms with van der Waals surface area (Å²) in [5.41, 5.74) is 1.37. The molecule has 0 atom stereocenters. The number of likely N-dealkylation sites (tertiary alicyclic amines) is 2. The fourth-order valence-corrected chi connectivity index (χ4v) is 4.47. The Kier molecular flexibility index (Phi) is 5.87. The van der Waals surface area contributed by atoms with Crippen LogP contribution >= 0.6 is 0 Å². The van der Waals surface area contributed by atoms with Crippen molar-refractivity contribution in [2.45, 2.75) is 45.1 Å². The number of rotatable bonds is 6. The van der Waals surface area contributed by atoms with Crippen molar-refractivity contribution in [1.29, 1.82) is 0 Å². The lowest BCUT2D eigenvalue weighted by atomic mass is 9.72. The minimum absolute atomic E-state index is 0.162. The van der Waals surface area contributed by atoms with Gasteiger partial charge < -0.3 is 9.80 Å². The number of aromatic nitrogens is 4. The molecule has 8 nitrogen and oxygen atoms in total. The number of aryl methyl sites for hydroxylation is 1. The Bertz CT molecular complexity index is 815. The molecule has 4 rings (SSSR count). The molecule has 0 saturated carbocycles. The van der Waals surface area contributed by atoms with Gasteiger partial charge in [0.2, 0.25) is 11.8 Å². The summed E-state index contributed by atoms with van der Waals surface area (Å²) in [6, 6.07) is 4.02. The fraction of sp³-hybridized carbons (Fsp3) is 0.571. The van der Waals surface area contributed by atoms with Gasteiger partial charge in [0.25, 0.3) is 0 Å².